The maximum Gasteiger partial charge on any atom is 0.333 e. The summed E-state index contributed by atoms with van der Waals surface area (Å²) in [6, 6.07) is 1.22. The molecule has 0 saturated carbocycles. The summed E-state index contributed by atoms with van der Waals surface area (Å²) in [5, 5.41) is 0. The van der Waals surface area contributed by atoms with E-state index < -0.39 is 0 Å². The van der Waals surface area contributed by atoms with Crippen molar-refractivity contribution in [3.63, 3.8) is 0 Å². The third-order valence-electron chi connectivity index (χ3n) is 1.31. The van der Waals surface area contributed by atoms with Gasteiger partial charge in [0.1, 0.15) is 0 Å². The molecule has 0 aromatic rings. The molecule has 0 bridgehead atoms. The van der Waals surface area contributed by atoms with Gasteiger partial charge in [-0.25, -0.2) is 4.79 Å². The maximum absolute atomic E-state index is 10.7. The van der Waals surface area contributed by atoms with E-state index in [4.69, 9.17) is 0 Å². The normalized spacial score (nSPS) is 9.30. The van der Waals surface area contributed by atoms with Crippen molar-refractivity contribution in [3.8, 4) is 0 Å². The highest BCUT2D eigenvalue weighted by Crippen LogP contribution is 2.04. The number of esters is 1. The Morgan fingerprint density at radius 1 is 1.70 bits per heavy atom. The molecule has 2 nitrogen and oxygen atoms in total. The summed E-state index contributed by atoms with van der Waals surface area (Å²) in [4.78, 5) is 10.7. The molecule has 0 N–H and O–H groups in total. The molecular formula is C7H14O2Si. The molecule has 0 aliphatic rings. The van der Waals surface area contributed by atoms with Gasteiger partial charge in [0, 0.05) is 15.8 Å². The van der Waals surface area contributed by atoms with Crippen molar-refractivity contribution in [2.45, 2.75) is 18.9 Å². The van der Waals surface area contributed by atoms with Crippen molar-refractivity contribution in [2.75, 3.05) is 7.11 Å². The lowest BCUT2D eigenvalue weighted by Gasteiger charge is -2.00. The predicted octanol–water partition coefficient (Wildman–Crippen LogP) is 0.280. The number of methoxy groups -OCH3 is 1. The summed E-state index contributed by atoms with van der Waals surface area (Å²) >= 11 is 0. The molecule has 58 valence electrons. The summed E-state index contributed by atoms with van der Waals surface area (Å²) in [6.07, 6.45) is 1.86. The van der Waals surface area contributed by atoms with E-state index in [1.807, 2.05) is 0 Å². The summed E-state index contributed by atoms with van der Waals surface area (Å²) in [7, 11) is 2.58. The van der Waals surface area contributed by atoms with Crippen LogP contribution in [0.3, 0.4) is 0 Å². The molecule has 0 spiro atoms. The molecule has 0 radical (unpaired) electrons. The second-order valence-electron chi connectivity index (χ2n) is 2.20. The van der Waals surface area contributed by atoms with Crippen molar-refractivity contribution in [3.05, 3.63) is 12.2 Å². The van der Waals surface area contributed by atoms with E-state index in [1.165, 1.54) is 23.4 Å². The Kier molecular flexibility index (Phi) is 4.93. The van der Waals surface area contributed by atoms with E-state index in [9.17, 15) is 4.79 Å². The van der Waals surface area contributed by atoms with E-state index in [0.29, 0.717) is 5.57 Å². The fourth-order valence-corrected chi connectivity index (χ4v) is 0.990. The van der Waals surface area contributed by atoms with Gasteiger partial charge in [-0.05, 0) is 6.42 Å². The van der Waals surface area contributed by atoms with Crippen LogP contribution in [0.25, 0.3) is 0 Å². The van der Waals surface area contributed by atoms with Gasteiger partial charge in [-0.2, -0.15) is 0 Å². The SMILES string of the molecule is C=C(CCC[SiH3])C(=O)OC. The Morgan fingerprint density at radius 2 is 2.30 bits per heavy atom. The van der Waals surface area contributed by atoms with E-state index in [-0.39, 0.29) is 5.97 Å². The van der Waals surface area contributed by atoms with E-state index >= 15 is 0 Å². The molecule has 0 aromatic heterocycles. The van der Waals surface area contributed by atoms with Crippen LogP contribution in [0.1, 0.15) is 12.8 Å². The first-order chi connectivity index (χ1) is 4.72. The number of hydrogen-bond donors (Lipinski definition) is 0. The first-order valence-electron chi connectivity index (χ1n) is 3.48. The smallest absolute Gasteiger partial charge is 0.333 e. The molecule has 3 heteroatoms. The topological polar surface area (TPSA) is 26.3 Å². The van der Waals surface area contributed by atoms with Crippen LogP contribution in [0.4, 0.5) is 0 Å². The quantitative estimate of drug-likeness (QED) is 0.334. The molecular weight excluding hydrogens is 144 g/mol. The highest BCUT2D eigenvalue weighted by atomic mass is 28.1. The Bertz CT molecular complexity index is 132. The van der Waals surface area contributed by atoms with Crippen LogP contribution < -0.4 is 0 Å². The third kappa shape index (κ3) is 3.45. The van der Waals surface area contributed by atoms with Gasteiger partial charge < -0.3 is 4.74 Å². The molecule has 0 saturated heterocycles. The Hall–Kier alpha value is -0.573. The van der Waals surface area contributed by atoms with Gasteiger partial charge in [-0.3, -0.25) is 0 Å². The number of hydrogen-bond acceptors (Lipinski definition) is 2. The van der Waals surface area contributed by atoms with Gasteiger partial charge in [0.15, 0.2) is 0 Å². The standard InChI is InChI=1S/C7H14O2Si/c1-6(4-3-5-10)7(8)9-2/h1,3-5H2,2,10H3. The molecule has 0 rings (SSSR count). The van der Waals surface area contributed by atoms with Gasteiger partial charge in [-0.1, -0.05) is 19.0 Å². The van der Waals surface area contributed by atoms with Crippen LogP contribution in [0, 0.1) is 0 Å². The summed E-state index contributed by atoms with van der Waals surface area (Å²) in [5.74, 6) is -0.268. The first kappa shape index (κ1) is 9.43. The minimum Gasteiger partial charge on any atom is -0.466 e. The van der Waals surface area contributed by atoms with Crippen molar-refractivity contribution >= 4 is 16.2 Å². The highest BCUT2D eigenvalue weighted by molar-refractivity contribution is 6.08. The third-order valence-corrected chi connectivity index (χ3v) is 2.01. The van der Waals surface area contributed by atoms with Gasteiger partial charge in [0.05, 0.1) is 7.11 Å². The molecule has 0 unspecified atom stereocenters. The lowest BCUT2D eigenvalue weighted by Crippen LogP contribution is -2.02. The van der Waals surface area contributed by atoms with Gasteiger partial charge in [0.25, 0.3) is 0 Å². The molecule has 0 fully saturated rings. The lowest BCUT2D eigenvalue weighted by atomic mass is 10.2. The van der Waals surface area contributed by atoms with Gasteiger partial charge in [-0.15, -0.1) is 0 Å². The summed E-state index contributed by atoms with van der Waals surface area (Å²) < 4.78 is 4.48. The Balaban J connectivity index is 3.52. The minimum atomic E-state index is -0.268. The van der Waals surface area contributed by atoms with Crippen LogP contribution in [-0.4, -0.2) is 23.3 Å². The van der Waals surface area contributed by atoms with Crippen molar-refractivity contribution in [1.29, 1.82) is 0 Å². The van der Waals surface area contributed by atoms with E-state index in [1.54, 1.807) is 0 Å². The fourth-order valence-electron chi connectivity index (χ4n) is 0.637. The largest absolute Gasteiger partial charge is 0.466 e. The molecule has 10 heavy (non-hydrogen) atoms. The zero-order chi connectivity index (χ0) is 7.98. The predicted molar refractivity (Wildman–Crippen MR) is 45.1 cm³/mol. The minimum absolute atomic E-state index is 0.268. The van der Waals surface area contributed by atoms with Crippen molar-refractivity contribution < 1.29 is 9.53 Å². The second kappa shape index (κ2) is 5.23. The van der Waals surface area contributed by atoms with Crippen LogP contribution in [0.2, 0.25) is 6.04 Å². The number of rotatable bonds is 4. The zero-order valence-electron chi connectivity index (χ0n) is 6.64. The summed E-state index contributed by atoms with van der Waals surface area (Å²) in [6.45, 7) is 3.60. The molecule has 0 aliphatic heterocycles. The number of carbonyl (C=O) groups excluding carboxylic acids is 1. The number of ether oxygens (including phenoxy) is 1. The Labute approximate surface area is 64.7 Å². The lowest BCUT2D eigenvalue weighted by molar-refractivity contribution is -0.136. The van der Waals surface area contributed by atoms with Crippen molar-refractivity contribution in [2.24, 2.45) is 0 Å². The fraction of sp³-hybridized carbons (Fsp3) is 0.571. The van der Waals surface area contributed by atoms with Crippen LogP contribution in [0.15, 0.2) is 12.2 Å². The molecule has 0 aliphatic carbocycles. The average Bonchev–Trinajstić information content (AvgIpc) is 1.98. The van der Waals surface area contributed by atoms with E-state index in [0.717, 1.165) is 12.8 Å². The van der Waals surface area contributed by atoms with Gasteiger partial charge >= 0.3 is 5.97 Å². The number of carbonyl (C=O) groups is 1. The monoisotopic (exact) mass is 158 g/mol. The van der Waals surface area contributed by atoms with Crippen molar-refractivity contribution in [1.82, 2.24) is 0 Å². The van der Waals surface area contributed by atoms with Gasteiger partial charge in [0.2, 0.25) is 0 Å². The second-order valence-corrected chi connectivity index (χ2v) is 3.20. The molecule has 0 aromatic carbocycles. The van der Waals surface area contributed by atoms with E-state index in [2.05, 4.69) is 11.3 Å². The maximum atomic E-state index is 10.7. The van der Waals surface area contributed by atoms with Crippen LogP contribution in [-0.2, 0) is 9.53 Å². The summed E-state index contributed by atoms with van der Waals surface area (Å²) in [5.41, 5.74) is 0.596. The zero-order valence-corrected chi connectivity index (χ0v) is 8.64. The molecule has 0 amide bonds. The molecule has 0 atom stereocenters. The van der Waals surface area contributed by atoms with Crippen LogP contribution >= 0.6 is 0 Å². The first-order valence-corrected chi connectivity index (χ1v) is 4.89. The average molecular weight is 158 g/mol. The highest BCUT2D eigenvalue weighted by Gasteiger charge is 2.03. The Morgan fingerprint density at radius 3 is 2.70 bits per heavy atom. The molecule has 0 heterocycles. The van der Waals surface area contributed by atoms with Crippen LogP contribution in [0.5, 0.6) is 0 Å².